The Bertz CT molecular complexity index is 232. The fourth-order valence-electron chi connectivity index (χ4n) is 0.746. The fraction of sp³-hybridized carbons (Fsp3) is 0. The minimum atomic E-state index is -1.47. The van der Waals surface area contributed by atoms with Crippen molar-refractivity contribution in [2.75, 3.05) is 5.73 Å². The van der Waals surface area contributed by atoms with Gasteiger partial charge in [0.05, 0.1) is 0 Å². The van der Waals surface area contributed by atoms with E-state index in [-0.39, 0.29) is 12.4 Å². The van der Waals surface area contributed by atoms with E-state index in [2.05, 4.69) is 0 Å². The van der Waals surface area contributed by atoms with E-state index in [0.717, 1.165) is 0 Å². The smallest absolute Gasteiger partial charge is 0.423 e. The Balaban J connectivity index is 0.000001000. The molecule has 0 saturated heterocycles. The first kappa shape index (κ1) is 10.3. The molecule has 0 aliphatic heterocycles. The maximum absolute atomic E-state index is 8.68. The maximum Gasteiger partial charge on any atom is 0.490 e. The molecule has 1 aromatic rings. The lowest BCUT2D eigenvalue weighted by Crippen LogP contribution is -2.31. The van der Waals surface area contributed by atoms with Crippen LogP contribution in [0.15, 0.2) is 24.3 Å². The largest absolute Gasteiger partial charge is 0.490 e. The predicted molar refractivity (Wildman–Crippen MR) is 47.9 cm³/mol. The summed E-state index contributed by atoms with van der Waals surface area (Å²) < 4.78 is 0. The quantitative estimate of drug-likeness (QED) is 0.391. The van der Waals surface area contributed by atoms with Gasteiger partial charge in [0.25, 0.3) is 0 Å². The summed E-state index contributed by atoms with van der Waals surface area (Å²) in [6, 6.07) is 6.63. The molecule has 3 nitrogen and oxygen atoms in total. The Morgan fingerprint density at radius 3 is 2.09 bits per heavy atom. The standard InChI is InChI=1S/C6H8BNO2.ClH/c8-6-4-2-1-3-5(6)7(9)10;/h1-4,9-10H,8H2;1H. The summed E-state index contributed by atoms with van der Waals surface area (Å²) in [4.78, 5) is 0. The van der Waals surface area contributed by atoms with Gasteiger partial charge < -0.3 is 15.8 Å². The highest BCUT2D eigenvalue weighted by Crippen LogP contribution is 1.95. The molecule has 1 aromatic carbocycles. The summed E-state index contributed by atoms with van der Waals surface area (Å²) in [5.41, 5.74) is 6.15. The number of benzene rings is 1. The summed E-state index contributed by atoms with van der Waals surface area (Å²) in [6.45, 7) is 0. The zero-order valence-corrected chi connectivity index (χ0v) is 6.58. The molecule has 0 saturated carbocycles. The molecule has 60 valence electrons. The molecule has 0 amide bonds. The van der Waals surface area contributed by atoms with E-state index in [0.29, 0.717) is 11.2 Å². The number of hydrogen-bond acceptors (Lipinski definition) is 3. The van der Waals surface area contributed by atoms with Crippen LogP contribution in [-0.4, -0.2) is 17.2 Å². The van der Waals surface area contributed by atoms with Crippen LogP contribution in [0.25, 0.3) is 0 Å². The van der Waals surface area contributed by atoms with Crippen LogP contribution in [0.1, 0.15) is 0 Å². The summed E-state index contributed by atoms with van der Waals surface area (Å²) in [6.07, 6.45) is 0. The molecule has 5 heteroatoms. The lowest BCUT2D eigenvalue weighted by Gasteiger charge is -2.01. The van der Waals surface area contributed by atoms with Crippen molar-refractivity contribution in [3.05, 3.63) is 24.3 Å². The van der Waals surface area contributed by atoms with Crippen molar-refractivity contribution in [3.63, 3.8) is 0 Å². The van der Waals surface area contributed by atoms with Crippen LogP contribution in [0.2, 0.25) is 0 Å². The highest BCUT2D eigenvalue weighted by Gasteiger charge is 2.12. The monoisotopic (exact) mass is 173 g/mol. The second-order valence-corrected chi connectivity index (χ2v) is 2.00. The molecule has 0 fully saturated rings. The summed E-state index contributed by atoms with van der Waals surface area (Å²) in [7, 11) is -1.47. The van der Waals surface area contributed by atoms with Gasteiger partial charge in [-0.05, 0) is 6.07 Å². The minimum Gasteiger partial charge on any atom is -0.423 e. The lowest BCUT2D eigenvalue weighted by molar-refractivity contribution is 0.426. The van der Waals surface area contributed by atoms with Gasteiger partial charge in [0, 0.05) is 11.2 Å². The van der Waals surface area contributed by atoms with Gasteiger partial charge in [-0.15, -0.1) is 12.4 Å². The van der Waals surface area contributed by atoms with Crippen LogP contribution < -0.4 is 11.2 Å². The van der Waals surface area contributed by atoms with Crippen molar-refractivity contribution in [1.29, 1.82) is 0 Å². The zero-order valence-electron chi connectivity index (χ0n) is 5.77. The Labute approximate surface area is 71.4 Å². The summed E-state index contributed by atoms with van der Waals surface area (Å²) in [5, 5.41) is 17.4. The number of hydrogen-bond donors (Lipinski definition) is 3. The van der Waals surface area contributed by atoms with Gasteiger partial charge in [-0.25, -0.2) is 0 Å². The third-order valence-corrected chi connectivity index (χ3v) is 1.27. The van der Waals surface area contributed by atoms with Crippen molar-refractivity contribution in [1.82, 2.24) is 0 Å². The van der Waals surface area contributed by atoms with E-state index in [1.165, 1.54) is 0 Å². The molecule has 1 rings (SSSR count). The van der Waals surface area contributed by atoms with Crippen LogP contribution >= 0.6 is 12.4 Å². The average Bonchev–Trinajstić information content (AvgIpc) is 1.88. The molecule has 4 N–H and O–H groups in total. The molecule has 0 aliphatic rings. The third kappa shape index (κ3) is 2.42. The maximum atomic E-state index is 8.68. The van der Waals surface area contributed by atoms with Crippen LogP contribution in [0.4, 0.5) is 5.69 Å². The fourth-order valence-corrected chi connectivity index (χ4v) is 0.746. The third-order valence-electron chi connectivity index (χ3n) is 1.27. The molecular weight excluding hydrogens is 164 g/mol. The van der Waals surface area contributed by atoms with Crippen molar-refractivity contribution in [3.8, 4) is 0 Å². The molecule has 0 atom stereocenters. The van der Waals surface area contributed by atoms with Gasteiger partial charge in [-0.2, -0.15) is 0 Å². The molecule has 0 spiro atoms. The topological polar surface area (TPSA) is 66.5 Å². The lowest BCUT2D eigenvalue weighted by atomic mass is 9.79. The highest BCUT2D eigenvalue weighted by molar-refractivity contribution is 6.60. The Morgan fingerprint density at radius 2 is 1.73 bits per heavy atom. The molecular formula is C6H9BClNO2. The van der Waals surface area contributed by atoms with Gasteiger partial charge in [0.2, 0.25) is 0 Å². The summed E-state index contributed by atoms with van der Waals surface area (Å²) >= 11 is 0. The SMILES string of the molecule is Cl.Nc1ccccc1B(O)O. The van der Waals surface area contributed by atoms with Crippen molar-refractivity contribution < 1.29 is 10.0 Å². The number of nitrogens with two attached hydrogens (primary N) is 1. The van der Waals surface area contributed by atoms with Gasteiger partial charge >= 0.3 is 7.12 Å². The van der Waals surface area contributed by atoms with Crippen molar-refractivity contribution in [2.24, 2.45) is 0 Å². The van der Waals surface area contributed by atoms with Crippen LogP contribution in [0.5, 0.6) is 0 Å². The molecule has 11 heavy (non-hydrogen) atoms. The van der Waals surface area contributed by atoms with E-state index in [4.69, 9.17) is 15.8 Å². The molecule has 0 aliphatic carbocycles. The zero-order chi connectivity index (χ0) is 7.56. The van der Waals surface area contributed by atoms with Crippen LogP contribution in [0, 0.1) is 0 Å². The number of rotatable bonds is 1. The Hall–Kier alpha value is -0.705. The predicted octanol–water partition coefficient (Wildman–Crippen LogP) is -0.630. The van der Waals surface area contributed by atoms with Crippen LogP contribution in [0.3, 0.4) is 0 Å². The summed E-state index contributed by atoms with van der Waals surface area (Å²) in [5.74, 6) is 0. The van der Waals surface area contributed by atoms with E-state index in [9.17, 15) is 0 Å². The molecule has 0 heterocycles. The first-order chi connectivity index (χ1) is 4.72. The average molecular weight is 173 g/mol. The Morgan fingerprint density at radius 1 is 1.18 bits per heavy atom. The van der Waals surface area contributed by atoms with Crippen LogP contribution in [-0.2, 0) is 0 Å². The number of para-hydroxylation sites is 1. The van der Waals surface area contributed by atoms with E-state index >= 15 is 0 Å². The second-order valence-electron chi connectivity index (χ2n) is 2.00. The van der Waals surface area contributed by atoms with E-state index in [1.54, 1.807) is 24.3 Å². The van der Waals surface area contributed by atoms with E-state index < -0.39 is 7.12 Å². The van der Waals surface area contributed by atoms with Crippen molar-refractivity contribution in [2.45, 2.75) is 0 Å². The first-order valence-electron chi connectivity index (χ1n) is 2.92. The molecule has 0 aromatic heterocycles. The number of nitrogen functional groups attached to an aromatic ring is 1. The Kier molecular flexibility index (Phi) is 3.96. The molecule has 0 bridgehead atoms. The van der Waals surface area contributed by atoms with Gasteiger partial charge in [0.15, 0.2) is 0 Å². The van der Waals surface area contributed by atoms with Gasteiger partial charge in [-0.3, -0.25) is 0 Å². The van der Waals surface area contributed by atoms with Gasteiger partial charge in [-0.1, -0.05) is 18.2 Å². The van der Waals surface area contributed by atoms with E-state index in [1.807, 2.05) is 0 Å². The second kappa shape index (κ2) is 4.23. The number of anilines is 1. The molecule has 0 unspecified atom stereocenters. The molecule has 0 radical (unpaired) electrons. The highest BCUT2D eigenvalue weighted by atomic mass is 35.5. The first-order valence-corrected chi connectivity index (χ1v) is 2.92. The normalized spacial score (nSPS) is 8.55. The van der Waals surface area contributed by atoms with Crippen molar-refractivity contribution >= 4 is 30.7 Å². The minimum absolute atomic E-state index is 0. The number of halogens is 1. The van der Waals surface area contributed by atoms with Gasteiger partial charge in [0.1, 0.15) is 0 Å².